The lowest BCUT2D eigenvalue weighted by molar-refractivity contribution is 0.0886. The van der Waals surface area contributed by atoms with Gasteiger partial charge in [-0.15, -0.1) is 0 Å². The lowest BCUT2D eigenvalue weighted by Crippen LogP contribution is -2.36. The molecule has 3 heterocycles. The molecule has 2 saturated heterocycles. The number of aryl methyl sites for hydroxylation is 2. The molecule has 1 aromatic rings. The summed E-state index contributed by atoms with van der Waals surface area (Å²) < 4.78 is 8.05. The van der Waals surface area contributed by atoms with Crippen molar-refractivity contribution in [1.29, 1.82) is 0 Å². The second-order valence-electron chi connectivity index (χ2n) is 6.34. The second-order valence-corrected chi connectivity index (χ2v) is 7.57. The molecule has 21 heavy (non-hydrogen) atoms. The SMILES string of the molecule is Cc1nn(C)c(C)c1[C@H]1OCC[C@H]1CNC1CCSCC1. The first-order chi connectivity index (χ1) is 10.2. The van der Waals surface area contributed by atoms with Crippen molar-refractivity contribution in [1.82, 2.24) is 15.1 Å². The van der Waals surface area contributed by atoms with Crippen LogP contribution >= 0.6 is 11.8 Å². The first-order valence-electron chi connectivity index (χ1n) is 8.09. The summed E-state index contributed by atoms with van der Waals surface area (Å²) in [5.41, 5.74) is 3.69. The van der Waals surface area contributed by atoms with Crippen molar-refractivity contribution in [3.05, 3.63) is 17.0 Å². The van der Waals surface area contributed by atoms with Crippen molar-refractivity contribution in [2.24, 2.45) is 13.0 Å². The Labute approximate surface area is 132 Å². The van der Waals surface area contributed by atoms with Gasteiger partial charge in [0.15, 0.2) is 0 Å². The van der Waals surface area contributed by atoms with Gasteiger partial charge in [0.25, 0.3) is 0 Å². The summed E-state index contributed by atoms with van der Waals surface area (Å²) in [6.07, 6.45) is 4.01. The predicted octanol–water partition coefficient (Wildman–Crippen LogP) is 2.60. The third kappa shape index (κ3) is 3.30. The van der Waals surface area contributed by atoms with Crippen LogP contribution in [0, 0.1) is 19.8 Å². The first kappa shape index (κ1) is 15.4. The molecule has 118 valence electrons. The van der Waals surface area contributed by atoms with E-state index in [1.54, 1.807) is 0 Å². The summed E-state index contributed by atoms with van der Waals surface area (Å²) in [4.78, 5) is 0. The quantitative estimate of drug-likeness (QED) is 0.928. The Morgan fingerprint density at radius 1 is 1.29 bits per heavy atom. The molecule has 0 aliphatic carbocycles. The van der Waals surface area contributed by atoms with Gasteiger partial charge in [0.05, 0.1) is 11.8 Å². The van der Waals surface area contributed by atoms with Gasteiger partial charge in [0, 0.05) is 43.4 Å². The lowest BCUT2D eigenvalue weighted by Gasteiger charge is -2.26. The maximum Gasteiger partial charge on any atom is 0.0901 e. The predicted molar refractivity (Wildman–Crippen MR) is 87.8 cm³/mol. The van der Waals surface area contributed by atoms with Gasteiger partial charge in [-0.3, -0.25) is 4.68 Å². The van der Waals surface area contributed by atoms with Crippen molar-refractivity contribution in [3.63, 3.8) is 0 Å². The minimum Gasteiger partial charge on any atom is -0.373 e. The van der Waals surface area contributed by atoms with E-state index in [1.807, 2.05) is 11.7 Å². The average molecular weight is 309 g/mol. The highest BCUT2D eigenvalue weighted by Gasteiger charge is 2.33. The van der Waals surface area contributed by atoms with Crippen LogP contribution in [-0.2, 0) is 11.8 Å². The summed E-state index contributed by atoms with van der Waals surface area (Å²) in [5.74, 6) is 3.20. The minimum absolute atomic E-state index is 0.226. The number of thioether (sulfide) groups is 1. The summed E-state index contributed by atoms with van der Waals surface area (Å²) in [6.45, 7) is 6.21. The Bertz CT molecular complexity index is 482. The molecule has 0 radical (unpaired) electrons. The van der Waals surface area contributed by atoms with Crippen LogP contribution in [0.5, 0.6) is 0 Å². The van der Waals surface area contributed by atoms with E-state index in [0.29, 0.717) is 12.0 Å². The fourth-order valence-corrected chi connectivity index (χ4v) is 4.69. The fraction of sp³-hybridized carbons (Fsp3) is 0.812. The van der Waals surface area contributed by atoms with Crippen molar-refractivity contribution < 1.29 is 4.74 Å². The smallest absolute Gasteiger partial charge is 0.0901 e. The highest BCUT2D eigenvalue weighted by Crippen LogP contribution is 2.37. The van der Waals surface area contributed by atoms with Crippen LogP contribution in [0.3, 0.4) is 0 Å². The van der Waals surface area contributed by atoms with Crippen molar-refractivity contribution in [2.75, 3.05) is 24.7 Å². The molecule has 0 amide bonds. The van der Waals surface area contributed by atoms with E-state index in [2.05, 4.69) is 36.0 Å². The van der Waals surface area contributed by atoms with Gasteiger partial charge in [0.1, 0.15) is 0 Å². The number of aromatic nitrogens is 2. The van der Waals surface area contributed by atoms with Crippen LogP contribution in [0.4, 0.5) is 0 Å². The summed E-state index contributed by atoms with van der Waals surface area (Å²) in [5, 5.41) is 8.34. The van der Waals surface area contributed by atoms with Gasteiger partial charge in [-0.2, -0.15) is 16.9 Å². The van der Waals surface area contributed by atoms with Crippen molar-refractivity contribution in [2.45, 2.75) is 45.3 Å². The molecular weight excluding hydrogens is 282 g/mol. The Morgan fingerprint density at radius 3 is 2.71 bits per heavy atom. The zero-order valence-corrected chi connectivity index (χ0v) is 14.2. The molecule has 3 rings (SSSR count). The zero-order valence-electron chi connectivity index (χ0n) is 13.4. The van der Waals surface area contributed by atoms with E-state index in [4.69, 9.17) is 4.74 Å². The normalized spacial score (nSPS) is 27.4. The van der Waals surface area contributed by atoms with E-state index in [0.717, 1.165) is 25.3 Å². The highest BCUT2D eigenvalue weighted by molar-refractivity contribution is 7.99. The molecule has 0 aromatic carbocycles. The monoisotopic (exact) mass is 309 g/mol. The number of hydrogen-bond acceptors (Lipinski definition) is 4. The molecule has 0 bridgehead atoms. The maximum atomic E-state index is 6.07. The Balaban J connectivity index is 1.64. The van der Waals surface area contributed by atoms with Crippen LogP contribution in [0.1, 0.15) is 42.3 Å². The number of ether oxygens (including phenoxy) is 1. The highest BCUT2D eigenvalue weighted by atomic mass is 32.2. The first-order valence-corrected chi connectivity index (χ1v) is 9.25. The van der Waals surface area contributed by atoms with Gasteiger partial charge in [-0.1, -0.05) is 0 Å². The molecule has 2 aliphatic rings. The maximum absolute atomic E-state index is 6.07. The topological polar surface area (TPSA) is 39.1 Å². The minimum atomic E-state index is 0.226. The van der Waals surface area contributed by atoms with E-state index in [9.17, 15) is 0 Å². The number of nitrogens with zero attached hydrogens (tertiary/aromatic N) is 2. The number of rotatable bonds is 4. The summed E-state index contributed by atoms with van der Waals surface area (Å²) in [7, 11) is 2.02. The van der Waals surface area contributed by atoms with E-state index in [-0.39, 0.29) is 6.10 Å². The van der Waals surface area contributed by atoms with Crippen LogP contribution in [0.15, 0.2) is 0 Å². The molecule has 1 N–H and O–H groups in total. The van der Waals surface area contributed by atoms with Gasteiger partial charge in [-0.25, -0.2) is 0 Å². The largest absolute Gasteiger partial charge is 0.373 e. The van der Waals surface area contributed by atoms with Crippen LogP contribution in [0.2, 0.25) is 0 Å². The number of nitrogens with one attached hydrogen (secondary N) is 1. The molecule has 0 unspecified atom stereocenters. The van der Waals surface area contributed by atoms with E-state index < -0.39 is 0 Å². The molecule has 0 saturated carbocycles. The van der Waals surface area contributed by atoms with E-state index >= 15 is 0 Å². The molecule has 0 spiro atoms. The summed E-state index contributed by atoms with van der Waals surface area (Å²) >= 11 is 2.09. The van der Waals surface area contributed by atoms with Gasteiger partial charge in [0.2, 0.25) is 0 Å². The molecule has 2 atom stereocenters. The molecule has 2 fully saturated rings. The average Bonchev–Trinajstić information content (AvgIpc) is 3.03. The summed E-state index contributed by atoms with van der Waals surface area (Å²) in [6, 6.07) is 0.712. The third-order valence-electron chi connectivity index (χ3n) is 4.95. The third-order valence-corrected chi connectivity index (χ3v) is 6.00. The Morgan fingerprint density at radius 2 is 2.05 bits per heavy atom. The molecule has 4 nitrogen and oxygen atoms in total. The molecule has 5 heteroatoms. The number of hydrogen-bond donors (Lipinski definition) is 1. The van der Waals surface area contributed by atoms with Crippen molar-refractivity contribution >= 4 is 11.8 Å². The van der Waals surface area contributed by atoms with Gasteiger partial charge < -0.3 is 10.1 Å². The second kappa shape index (κ2) is 6.71. The van der Waals surface area contributed by atoms with Crippen molar-refractivity contribution in [3.8, 4) is 0 Å². The molecule has 1 aromatic heterocycles. The van der Waals surface area contributed by atoms with Crippen LogP contribution in [0.25, 0.3) is 0 Å². The van der Waals surface area contributed by atoms with Crippen LogP contribution < -0.4 is 5.32 Å². The van der Waals surface area contributed by atoms with Gasteiger partial charge in [-0.05, 0) is 44.6 Å². The van der Waals surface area contributed by atoms with Gasteiger partial charge >= 0.3 is 0 Å². The zero-order chi connectivity index (χ0) is 14.8. The standard InChI is InChI=1S/C16H27N3OS/c1-11-15(12(2)19(3)18-11)16-13(4-7-20-16)10-17-14-5-8-21-9-6-14/h13-14,16-17H,4-10H2,1-3H3/t13-,16-/m0/s1. The Kier molecular flexibility index (Phi) is 4.92. The van der Waals surface area contributed by atoms with E-state index in [1.165, 1.54) is 35.6 Å². The van der Waals surface area contributed by atoms with Crippen LogP contribution in [-0.4, -0.2) is 40.5 Å². The molecular formula is C16H27N3OS. The fourth-order valence-electron chi connectivity index (χ4n) is 3.58. The lowest BCUT2D eigenvalue weighted by atomic mass is 9.93. The Hall–Kier alpha value is -0.520. The molecule has 2 aliphatic heterocycles.